The number of nitriles is 1. The van der Waals surface area contributed by atoms with E-state index in [9.17, 15) is 4.79 Å². The molecular formula is C18H15N5O2. The van der Waals surface area contributed by atoms with E-state index in [2.05, 4.69) is 15.3 Å². The van der Waals surface area contributed by atoms with E-state index in [0.717, 1.165) is 11.4 Å². The molecule has 1 aromatic carbocycles. The number of benzene rings is 1. The van der Waals surface area contributed by atoms with E-state index >= 15 is 0 Å². The number of hydrogen-bond acceptors (Lipinski definition) is 5. The summed E-state index contributed by atoms with van der Waals surface area (Å²) in [6, 6.07) is 12.4. The van der Waals surface area contributed by atoms with E-state index in [1.807, 2.05) is 24.4 Å². The third-order valence-corrected chi connectivity index (χ3v) is 3.42. The van der Waals surface area contributed by atoms with Crippen molar-refractivity contribution in [1.29, 1.82) is 5.26 Å². The van der Waals surface area contributed by atoms with Crippen LogP contribution in [0.2, 0.25) is 0 Å². The summed E-state index contributed by atoms with van der Waals surface area (Å²) in [5.41, 5.74) is 1.43. The van der Waals surface area contributed by atoms with Gasteiger partial charge in [0.05, 0.1) is 11.6 Å². The van der Waals surface area contributed by atoms with Crippen molar-refractivity contribution in [3.63, 3.8) is 0 Å². The molecule has 0 saturated heterocycles. The first-order valence-corrected chi connectivity index (χ1v) is 7.57. The van der Waals surface area contributed by atoms with Gasteiger partial charge in [0, 0.05) is 25.1 Å². The average molecular weight is 333 g/mol. The zero-order chi connectivity index (χ0) is 17.5. The molecular weight excluding hydrogens is 318 g/mol. The Morgan fingerprint density at radius 2 is 2.08 bits per heavy atom. The summed E-state index contributed by atoms with van der Waals surface area (Å²) < 4.78 is 7.18. The lowest BCUT2D eigenvalue weighted by molar-refractivity contribution is -0.123. The molecule has 0 unspecified atom stereocenters. The Morgan fingerprint density at radius 1 is 1.24 bits per heavy atom. The van der Waals surface area contributed by atoms with Gasteiger partial charge < -0.3 is 10.1 Å². The Kier molecular flexibility index (Phi) is 5.02. The average Bonchev–Trinajstić information content (AvgIpc) is 3.20. The monoisotopic (exact) mass is 333 g/mol. The molecule has 2 aromatic heterocycles. The molecule has 0 radical (unpaired) electrons. The molecule has 0 aliphatic carbocycles. The van der Waals surface area contributed by atoms with Gasteiger partial charge in [-0.2, -0.15) is 5.26 Å². The van der Waals surface area contributed by atoms with Crippen molar-refractivity contribution in [2.75, 3.05) is 6.61 Å². The van der Waals surface area contributed by atoms with Crippen molar-refractivity contribution in [2.24, 2.45) is 0 Å². The number of hydrogen-bond donors (Lipinski definition) is 1. The molecule has 0 saturated carbocycles. The SMILES string of the molecule is N#Cc1ccc(OCC(=O)NCc2ccc(-n3ccnc3)nc2)cc1. The van der Waals surface area contributed by atoms with Gasteiger partial charge in [-0.1, -0.05) is 6.07 Å². The molecule has 7 heteroatoms. The molecule has 1 amide bonds. The number of nitrogens with zero attached hydrogens (tertiary/aromatic N) is 4. The second-order valence-corrected chi connectivity index (χ2v) is 5.20. The van der Waals surface area contributed by atoms with E-state index in [4.69, 9.17) is 10.00 Å². The smallest absolute Gasteiger partial charge is 0.258 e. The van der Waals surface area contributed by atoms with Gasteiger partial charge in [0.15, 0.2) is 6.61 Å². The van der Waals surface area contributed by atoms with Gasteiger partial charge in [-0.25, -0.2) is 9.97 Å². The summed E-state index contributed by atoms with van der Waals surface area (Å²) in [6.07, 6.45) is 6.87. The molecule has 1 N–H and O–H groups in total. The lowest BCUT2D eigenvalue weighted by Crippen LogP contribution is -2.28. The Balaban J connectivity index is 1.46. The summed E-state index contributed by atoms with van der Waals surface area (Å²) in [5.74, 6) is 1.07. The fourth-order valence-electron chi connectivity index (χ4n) is 2.09. The molecule has 2 heterocycles. The summed E-state index contributed by atoms with van der Waals surface area (Å²) in [7, 11) is 0. The normalized spacial score (nSPS) is 10.0. The lowest BCUT2D eigenvalue weighted by atomic mass is 10.2. The maximum absolute atomic E-state index is 11.8. The predicted octanol–water partition coefficient (Wildman–Crippen LogP) is 1.83. The van der Waals surface area contributed by atoms with Gasteiger partial charge in [0.2, 0.25) is 0 Å². The molecule has 3 aromatic rings. The van der Waals surface area contributed by atoms with Crippen molar-refractivity contribution in [3.05, 3.63) is 72.4 Å². The van der Waals surface area contributed by atoms with Crippen LogP contribution < -0.4 is 10.1 Å². The molecule has 0 spiro atoms. The number of ether oxygens (including phenoxy) is 1. The highest BCUT2D eigenvalue weighted by Gasteiger charge is 2.04. The van der Waals surface area contributed by atoms with E-state index in [0.29, 0.717) is 17.9 Å². The fraction of sp³-hybridized carbons (Fsp3) is 0.111. The minimum Gasteiger partial charge on any atom is -0.484 e. The van der Waals surface area contributed by atoms with Crippen molar-refractivity contribution in [2.45, 2.75) is 6.54 Å². The van der Waals surface area contributed by atoms with Crippen LogP contribution in [0, 0.1) is 11.3 Å². The lowest BCUT2D eigenvalue weighted by Gasteiger charge is -2.08. The zero-order valence-corrected chi connectivity index (χ0v) is 13.3. The van der Waals surface area contributed by atoms with Crippen LogP contribution in [-0.4, -0.2) is 27.0 Å². The second-order valence-electron chi connectivity index (χ2n) is 5.20. The van der Waals surface area contributed by atoms with Crippen molar-refractivity contribution < 1.29 is 9.53 Å². The molecule has 0 fully saturated rings. The van der Waals surface area contributed by atoms with Crippen molar-refractivity contribution in [1.82, 2.24) is 19.9 Å². The van der Waals surface area contributed by atoms with Crippen molar-refractivity contribution >= 4 is 5.91 Å². The standard InChI is InChI=1S/C18H15N5O2/c19-9-14-1-4-16(5-2-14)25-12-18(24)22-11-15-3-6-17(21-10-15)23-8-7-20-13-23/h1-8,10,13H,11-12H2,(H,22,24). The molecule has 25 heavy (non-hydrogen) atoms. The molecule has 0 atom stereocenters. The number of pyridine rings is 1. The number of carbonyl (C=O) groups excluding carboxylic acids is 1. The van der Waals surface area contributed by atoms with E-state index in [1.54, 1.807) is 47.6 Å². The van der Waals surface area contributed by atoms with Gasteiger partial charge in [-0.15, -0.1) is 0 Å². The van der Waals surface area contributed by atoms with Crippen LogP contribution in [0.5, 0.6) is 5.75 Å². The van der Waals surface area contributed by atoms with Gasteiger partial charge in [-0.05, 0) is 35.9 Å². The third kappa shape index (κ3) is 4.42. The number of nitrogens with one attached hydrogen (secondary N) is 1. The summed E-state index contributed by atoms with van der Waals surface area (Å²) in [5, 5.41) is 11.5. The first-order chi connectivity index (χ1) is 12.2. The first kappa shape index (κ1) is 16.2. The molecule has 0 aliphatic heterocycles. The van der Waals surface area contributed by atoms with Crippen LogP contribution in [0.4, 0.5) is 0 Å². The van der Waals surface area contributed by atoms with Gasteiger partial charge in [0.1, 0.15) is 17.9 Å². The molecule has 124 valence electrons. The highest BCUT2D eigenvalue weighted by Crippen LogP contribution is 2.11. The zero-order valence-electron chi connectivity index (χ0n) is 13.3. The molecule has 7 nitrogen and oxygen atoms in total. The largest absolute Gasteiger partial charge is 0.484 e. The van der Waals surface area contributed by atoms with Gasteiger partial charge in [-0.3, -0.25) is 9.36 Å². The highest BCUT2D eigenvalue weighted by atomic mass is 16.5. The third-order valence-electron chi connectivity index (χ3n) is 3.42. The second kappa shape index (κ2) is 7.75. The highest BCUT2D eigenvalue weighted by molar-refractivity contribution is 5.77. The Bertz CT molecular complexity index is 865. The van der Waals surface area contributed by atoms with Gasteiger partial charge in [0.25, 0.3) is 5.91 Å². The number of carbonyl (C=O) groups is 1. The molecule has 0 bridgehead atoms. The summed E-state index contributed by atoms with van der Waals surface area (Å²) in [4.78, 5) is 20.1. The number of imidazole rings is 1. The number of aromatic nitrogens is 3. The van der Waals surface area contributed by atoms with Crippen LogP contribution in [0.15, 0.2) is 61.3 Å². The van der Waals surface area contributed by atoms with Crippen LogP contribution in [-0.2, 0) is 11.3 Å². The predicted molar refractivity (Wildman–Crippen MR) is 89.9 cm³/mol. The molecule has 0 aliphatic rings. The Labute approximate surface area is 144 Å². The van der Waals surface area contributed by atoms with Crippen LogP contribution in [0.25, 0.3) is 5.82 Å². The van der Waals surface area contributed by atoms with Crippen LogP contribution in [0.1, 0.15) is 11.1 Å². The molecule has 3 rings (SSSR count). The number of amides is 1. The Hall–Kier alpha value is -3.66. The summed E-state index contributed by atoms with van der Waals surface area (Å²) in [6.45, 7) is 0.277. The Morgan fingerprint density at radius 3 is 2.72 bits per heavy atom. The first-order valence-electron chi connectivity index (χ1n) is 7.57. The topological polar surface area (TPSA) is 92.8 Å². The maximum Gasteiger partial charge on any atom is 0.258 e. The van der Waals surface area contributed by atoms with Crippen LogP contribution in [0.3, 0.4) is 0 Å². The van der Waals surface area contributed by atoms with Gasteiger partial charge >= 0.3 is 0 Å². The minimum absolute atomic E-state index is 0.0908. The number of rotatable bonds is 6. The summed E-state index contributed by atoms with van der Waals surface area (Å²) >= 11 is 0. The van der Waals surface area contributed by atoms with E-state index in [-0.39, 0.29) is 12.5 Å². The fourth-order valence-corrected chi connectivity index (χ4v) is 2.09. The van der Waals surface area contributed by atoms with E-state index < -0.39 is 0 Å². The quantitative estimate of drug-likeness (QED) is 0.743. The maximum atomic E-state index is 11.8. The van der Waals surface area contributed by atoms with Crippen molar-refractivity contribution in [3.8, 4) is 17.6 Å². The van der Waals surface area contributed by atoms with E-state index in [1.165, 1.54) is 0 Å². The minimum atomic E-state index is -0.233. The van der Waals surface area contributed by atoms with Crippen LogP contribution >= 0.6 is 0 Å².